The summed E-state index contributed by atoms with van der Waals surface area (Å²) in [5.41, 5.74) is 11.2. The molecule has 5 heteroatoms. The monoisotopic (exact) mass is 266 g/mol. The Kier molecular flexibility index (Phi) is 13.6. The molecule has 4 nitrogen and oxygen atoms in total. The fourth-order valence-corrected chi connectivity index (χ4v) is 1.43. The maximum atomic E-state index is 11.4. The van der Waals surface area contributed by atoms with E-state index in [9.17, 15) is 4.79 Å². The van der Waals surface area contributed by atoms with E-state index >= 15 is 0 Å². The Morgan fingerprint density at radius 1 is 1.29 bits per heavy atom. The van der Waals surface area contributed by atoms with E-state index in [0.717, 1.165) is 12.8 Å². The summed E-state index contributed by atoms with van der Waals surface area (Å²) >= 11 is 0. The van der Waals surface area contributed by atoms with Crippen molar-refractivity contribution < 1.29 is 9.53 Å². The molecule has 2 unspecified atom stereocenters. The number of esters is 1. The number of hydrogen-bond acceptors (Lipinski definition) is 4. The van der Waals surface area contributed by atoms with Crippen molar-refractivity contribution in [2.75, 3.05) is 13.2 Å². The summed E-state index contributed by atoms with van der Waals surface area (Å²) in [5, 5.41) is 0. The maximum Gasteiger partial charge on any atom is 0.322 e. The van der Waals surface area contributed by atoms with Gasteiger partial charge in [0.2, 0.25) is 0 Å². The van der Waals surface area contributed by atoms with Crippen molar-refractivity contribution in [3.8, 4) is 0 Å². The van der Waals surface area contributed by atoms with Crippen molar-refractivity contribution in [2.24, 2.45) is 17.4 Å². The van der Waals surface area contributed by atoms with Crippen LogP contribution >= 0.6 is 12.4 Å². The molecule has 104 valence electrons. The molecule has 0 heterocycles. The van der Waals surface area contributed by atoms with Gasteiger partial charge in [0, 0.05) is 0 Å². The molecule has 0 saturated carbocycles. The normalized spacial score (nSPS) is 13.6. The van der Waals surface area contributed by atoms with E-state index in [1.54, 1.807) is 0 Å². The van der Waals surface area contributed by atoms with Crippen molar-refractivity contribution in [3.63, 3.8) is 0 Å². The number of halogens is 1. The molecule has 0 rings (SSSR count). The van der Waals surface area contributed by atoms with Crippen LogP contribution in [0.2, 0.25) is 0 Å². The Balaban J connectivity index is 0. The van der Waals surface area contributed by atoms with Crippen molar-refractivity contribution in [3.05, 3.63) is 0 Å². The molecule has 2 atom stereocenters. The first-order chi connectivity index (χ1) is 7.61. The molecule has 0 bridgehead atoms. The maximum absolute atomic E-state index is 11.4. The van der Waals surface area contributed by atoms with Crippen LogP contribution in [0.5, 0.6) is 0 Å². The molecule has 0 aliphatic rings. The molecule has 0 radical (unpaired) electrons. The van der Waals surface area contributed by atoms with E-state index in [2.05, 4.69) is 6.92 Å². The number of unbranched alkanes of at least 4 members (excludes halogenated alkanes) is 3. The number of rotatable bonds is 9. The SMILES string of the molecule is CCCCCCOC(=O)C(N)CC(C)CN.Cl. The minimum absolute atomic E-state index is 0. The Bertz CT molecular complexity index is 191. The highest BCUT2D eigenvalue weighted by molar-refractivity contribution is 5.85. The zero-order valence-corrected chi connectivity index (χ0v) is 11.8. The van der Waals surface area contributed by atoms with E-state index in [1.165, 1.54) is 12.8 Å². The van der Waals surface area contributed by atoms with E-state index in [-0.39, 0.29) is 24.3 Å². The lowest BCUT2D eigenvalue weighted by Gasteiger charge is -2.14. The molecule has 4 N–H and O–H groups in total. The van der Waals surface area contributed by atoms with Gasteiger partial charge in [-0.15, -0.1) is 12.4 Å². The van der Waals surface area contributed by atoms with Crippen LogP contribution in [-0.4, -0.2) is 25.2 Å². The smallest absolute Gasteiger partial charge is 0.322 e. The second-order valence-electron chi connectivity index (χ2n) is 4.41. The number of ether oxygens (including phenoxy) is 1. The van der Waals surface area contributed by atoms with Gasteiger partial charge in [-0.25, -0.2) is 0 Å². The number of carbonyl (C=O) groups excluding carboxylic acids is 1. The van der Waals surface area contributed by atoms with Crippen LogP contribution in [0.15, 0.2) is 0 Å². The Labute approximate surface area is 111 Å². The van der Waals surface area contributed by atoms with Crippen LogP contribution in [0.1, 0.15) is 46.0 Å². The van der Waals surface area contributed by atoms with Crippen molar-refractivity contribution in [1.29, 1.82) is 0 Å². The van der Waals surface area contributed by atoms with Crippen LogP contribution in [-0.2, 0) is 9.53 Å². The largest absolute Gasteiger partial charge is 0.465 e. The third-order valence-corrected chi connectivity index (χ3v) is 2.60. The molecular formula is C12H27ClN2O2. The van der Waals surface area contributed by atoms with Gasteiger partial charge in [-0.1, -0.05) is 33.1 Å². The highest BCUT2D eigenvalue weighted by Gasteiger charge is 2.17. The van der Waals surface area contributed by atoms with E-state index < -0.39 is 6.04 Å². The lowest BCUT2D eigenvalue weighted by atomic mass is 10.0. The zero-order chi connectivity index (χ0) is 12.4. The molecule has 0 aromatic rings. The molecule has 0 spiro atoms. The zero-order valence-electron chi connectivity index (χ0n) is 11.0. The minimum atomic E-state index is -0.523. The van der Waals surface area contributed by atoms with E-state index in [4.69, 9.17) is 16.2 Å². The van der Waals surface area contributed by atoms with Crippen LogP contribution in [0.3, 0.4) is 0 Å². The van der Waals surface area contributed by atoms with Crippen LogP contribution < -0.4 is 11.5 Å². The van der Waals surface area contributed by atoms with E-state index in [0.29, 0.717) is 19.6 Å². The summed E-state index contributed by atoms with van der Waals surface area (Å²) in [6, 6.07) is -0.523. The van der Waals surface area contributed by atoms with Crippen molar-refractivity contribution in [1.82, 2.24) is 0 Å². The minimum Gasteiger partial charge on any atom is -0.465 e. The molecule has 0 aromatic heterocycles. The summed E-state index contributed by atoms with van der Waals surface area (Å²) in [4.78, 5) is 11.4. The summed E-state index contributed by atoms with van der Waals surface area (Å²) in [6.45, 7) is 5.17. The van der Waals surface area contributed by atoms with Crippen LogP contribution in [0.25, 0.3) is 0 Å². The quantitative estimate of drug-likeness (QED) is 0.493. The van der Waals surface area contributed by atoms with E-state index in [1.807, 2.05) is 6.92 Å². The molecular weight excluding hydrogens is 240 g/mol. The topological polar surface area (TPSA) is 78.3 Å². The molecule has 17 heavy (non-hydrogen) atoms. The molecule has 0 saturated heterocycles. The Morgan fingerprint density at radius 3 is 2.47 bits per heavy atom. The Hall–Kier alpha value is -0.320. The summed E-state index contributed by atoms with van der Waals surface area (Å²) < 4.78 is 5.09. The first-order valence-electron chi connectivity index (χ1n) is 6.24. The van der Waals surface area contributed by atoms with Gasteiger partial charge >= 0.3 is 5.97 Å². The molecule has 0 amide bonds. The first kappa shape index (κ1) is 19.0. The summed E-state index contributed by atoms with van der Waals surface area (Å²) in [7, 11) is 0. The van der Waals surface area contributed by atoms with Crippen molar-refractivity contribution in [2.45, 2.75) is 52.0 Å². The average molecular weight is 267 g/mol. The predicted octanol–water partition coefficient (Wildman–Crippen LogP) is 1.84. The predicted molar refractivity (Wildman–Crippen MR) is 73.2 cm³/mol. The Morgan fingerprint density at radius 2 is 1.94 bits per heavy atom. The number of carbonyl (C=O) groups is 1. The van der Waals surface area contributed by atoms with Gasteiger partial charge in [-0.05, 0) is 25.3 Å². The van der Waals surface area contributed by atoms with Crippen LogP contribution in [0.4, 0.5) is 0 Å². The number of nitrogens with two attached hydrogens (primary N) is 2. The van der Waals surface area contributed by atoms with Crippen molar-refractivity contribution >= 4 is 18.4 Å². The second kappa shape index (κ2) is 12.1. The lowest BCUT2D eigenvalue weighted by Crippen LogP contribution is -2.35. The number of hydrogen-bond donors (Lipinski definition) is 2. The molecule has 0 aliphatic carbocycles. The van der Waals surface area contributed by atoms with Gasteiger partial charge in [0.05, 0.1) is 6.61 Å². The third-order valence-electron chi connectivity index (χ3n) is 2.60. The van der Waals surface area contributed by atoms with Gasteiger partial charge in [0.1, 0.15) is 6.04 Å². The van der Waals surface area contributed by atoms with Gasteiger partial charge in [0.25, 0.3) is 0 Å². The fraction of sp³-hybridized carbons (Fsp3) is 0.917. The second-order valence-corrected chi connectivity index (χ2v) is 4.41. The molecule has 0 aromatic carbocycles. The fourth-order valence-electron chi connectivity index (χ4n) is 1.43. The van der Waals surface area contributed by atoms with Crippen LogP contribution in [0, 0.1) is 5.92 Å². The standard InChI is InChI=1S/C12H26N2O2.ClH/c1-3-4-5-6-7-16-12(15)11(14)8-10(2)9-13;/h10-11H,3-9,13-14H2,1-2H3;1H. The van der Waals surface area contributed by atoms with Gasteiger partial charge in [-0.2, -0.15) is 0 Å². The molecule has 0 fully saturated rings. The summed E-state index contributed by atoms with van der Waals surface area (Å²) in [5.74, 6) is -0.0283. The third kappa shape index (κ3) is 10.5. The average Bonchev–Trinajstić information content (AvgIpc) is 2.28. The summed E-state index contributed by atoms with van der Waals surface area (Å²) in [6.07, 6.45) is 5.01. The molecule has 0 aliphatic heterocycles. The van der Waals surface area contributed by atoms with Gasteiger partial charge in [0.15, 0.2) is 0 Å². The lowest BCUT2D eigenvalue weighted by molar-refractivity contribution is -0.145. The highest BCUT2D eigenvalue weighted by Crippen LogP contribution is 2.05. The first-order valence-corrected chi connectivity index (χ1v) is 6.24. The van der Waals surface area contributed by atoms with Gasteiger partial charge < -0.3 is 16.2 Å². The van der Waals surface area contributed by atoms with Gasteiger partial charge in [-0.3, -0.25) is 4.79 Å². The highest BCUT2D eigenvalue weighted by atomic mass is 35.5.